The zero-order valence-corrected chi connectivity index (χ0v) is 14.6. The molecule has 0 aliphatic heterocycles. The minimum Gasteiger partial charge on any atom is -0.387 e. The first-order valence-electron chi connectivity index (χ1n) is 8.16. The van der Waals surface area contributed by atoms with Crippen LogP contribution in [-0.2, 0) is 15.9 Å². The molecule has 22 heavy (non-hydrogen) atoms. The maximum atomic E-state index is 10.4. The van der Waals surface area contributed by atoms with Crippen molar-refractivity contribution in [3.05, 3.63) is 29.6 Å². The number of methoxy groups -OCH3 is 2. The Kier molecular flexibility index (Phi) is 8.61. The van der Waals surface area contributed by atoms with Crippen LogP contribution in [0.15, 0.2) is 18.3 Å². The van der Waals surface area contributed by atoms with Gasteiger partial charge in [-0.2, -0.15) is 0 Å². The van der Waals surface area contributed by atoms with E-state index in [1.807, 2.05) is 25.3 Å². The highest BCUT2D eigenvalue weighted by atomic mass is 16.5. The number of aliphatic hydroxyl groups is 1. The van der Waals surface area contributed by atoms with Crippen LogP contribution >= 0.6 is 0 Å². The molecule has 1 N–H and O–H groups in total. The molecular weight excluding hydrogens is 278 g/mol. The molecule has 0 saturated carbocycles. The summed E-state index contributed by atoms with van der Waals surface area (Å²) in [4.78, 5) is 4.42. The van der Waals surface area contributed by atoms with Gasteiger partial charge < -0.3 is 14.6 Å². The van der Waals surface area contributed by atoms with Gasteiger partial charge in [-0.3, -0.25) is 4.98 Å². The Morgan fingerprint density at radius 2 is 1.73 bits per heavy atom. The third-order valence-electron chi connectivity index (χ3n) is 4.29. The van der Waals surface area contributed by atoms with Gasteiger partial charge in [-0.1, -0.05) is 19.4 Å². The van der Waals surface area contributed by atoms with Crippen LogP contribution in [0, 0.1) is 5.92 Å². The van der Waals surface area contributed by atoms with Crippen LogP contribution in [0.5, 0.6) is 0 Å². The molecule has 1 aromatic rings. The summed E-state index contributed by atoms with van der Waals surface area (Å²) in [6.07, 6.45) is 5.68. The van der Waals surface area contributed by atoms with Gasteiger partial charge in [0.1, 0.15) is 0 Å². The standard InChI is InChI=1S/C18H31NO3/c1-13(7-6-8-14(2)21-4)18(20)17-10-9-16(12-19-17)11-15(3)22-5/h9-10,12-15,18,20H,6-8,11H2,1-5H3. The van der Waals surface area contributed by atoms with E-state index in [1.54, 1.807) is 14.2 Å². The third kappa shape index (κ3) is 6.42. The number of aliphatic hydroxyl groups excluding tert-OH is 1. The van der Waals surface area contributed by atoms with Gasteiger partial charge in [0.2, 0.25) is 0 Å². The number of nitrogens with zero attached hydrogens (tertiary/aromatic N) is 1. The van der Waals surface area contributed by atoms with Gasteiger partial charge >= 0.3 is 0 Å². The van der Waals surface area contributed by atoms with Gasteiger partial charge in [-0.05, 0) is 50.7 Å². The van der Waals surface area contributed by atoms with Crippen LogP contribution in [0.3, 0.4) is 0 Å². The van der Waals surface area contributed by atoms with E-state index in [2.05, 4.69) is 18.8 Å². The third-order valence-corrected chi connectivity index (χ3v) is 4.29. The molecule has 126 valence electrons. The van der Waals surface area contributed by atoms with Crippen molar-refractivity contribution in [2.24, 2.45) is 5.92 Å². The molecule has 0 aliphatic carbocycles. The van der Waals surface area contributed by atoms with Gasteiger partial charge in [-0.25, -0.2) is 0 Å². The van der Waals surface area contributed by atoms with Crippen LogP contribution in [0.1, 0.15) is 57.4 Å². The largest absolute Gasteiger partial charge is 0.387 e. The minimum absolute atomic E-state index is 0.180. The molecule has 0 fully saturated rings. The fourth-order valence-electron chi connectivity index (χ4n) is 2.44. The summed E-state index contributed by atoms with van der Waals surface area (Å²) in [6, 6.07) is 3.96. The highest BCUT2D eigenvalue weighted by Gasteiger charge is 2.18. The van der Waals surface area contributed by atoms with E-state index in [0.29, 0.717) is 0 Å². The zero-order valence-electron chi connectivity index (χ0n) is 14.6. The number of pyridine rings is 1. The van der Waals surface area contributed by atoms with Crippen LogP contribution in [0.4, 0.5) is 0 Å². The van der Waals surface area contributed by atoms with Gasteiger partial charge in [-0.15, -0.1) is 0 Å². The summed E-state index contributed by atoms with van der Waals surface area (Å²) >= 11 is 0. The molecule has 0 bridgehead atoms. The average Bonchev–Trinajstić information content (AvgIpc) is 2.54. The molecule has 0 radical (unpaired) electrons. The maximum Gasteiger partial charge on any atom is 0.0985 e. The van der Waals surface area contributed by atoms with Crippen molar-refractivity contribution in [3.63, 3.8) is 0 Å². The second kappa shape index (κ2) is 9.93. The molecule has 0 aliphatic rings. The van der Waals surface area contributed by atoms with Crippen LogP contribution in [0.2, 0.25) is 0 Å². The van der Waals surface area contributed by atoms with E-state index in [0.717, 1.165) is 36.9 Å². The van der Waals surface area contributed by atoms with E-state index in [1.165, 1.54) is 0 Å². The van der Waals surface area contributed by atoms with Crippen LogP contribution in [-0.4, -0.2) is 36.5 Å². The van der Waals surface area contributed by atoms with Crippen molar-refractivity contribution < 1.29 is 14.6 Å². The lowest BCUT2D eigenvalue weighted by Crippen LogP contribution is -2.13. The summed E-state index contributed by atoms with van der Waals surface area (Å²) in [5, 5.41) is 10.4. The second-order valence-electron chi connectivity index (χ2n) is 6.24. The van der Waals surface area contributed by atoms with Crippen molar-refractivity contribution >= 4 is 0 Å². The lowest BCUT2D eigenvalue weighted by molar-refractivity contribution is 0.0897. The average molecular weight is 309 g/mol. The van der Waals surface area contributed by atoms with Crippen molar-refractivity contribution in [2.75, 3.05) is 14.2 Å². The predicted molar refractivity (Wildman–Crippen MR) is 88.9 cm³/mol. The summed E-state index contributed by atoms with van der Waals surface area (Å²) in [5.41, 5.74) is 1.88. The molecule has 0 aromatic carbocycles. The molecule has 0 amide bonds. The number of aromatic nitrogens is 1. The first-order valence-corrected chi connectivity index (χ1v) is 8.16. The quantitative estimate of drug-likeness (QED) is 0.718. The van der Waals surface area contributed by atoms with Gasteiger partial charge in [0.05, 0.1) is 24.0 Å². The Morgan fingerprint density at radius 3 is 2.27 bits per heavy atom. The summed E-state index contributed by atoms with van der Waals surface area (Å²) in [5.74, 6) is 0.195. The highest BCUT2D eigenvalue weighted by Crippen LogP contribution is 2.25. The molecule has 4 heteroatoms. The van der Waals surface area contributed by atoms with Crippen molar-refractivity contribution in [1.82, 2.24) is 4.98 Å². The molecule has 0 spiro atoms. The van der Waals surface area contributed by atoms with E-state index in [-0.39, 0.29) is 18.1 Å². The van der Waals surface area contributed by atoms with Gasteiger partial charge in [0.15, 0.2) is 0 Å². The Morgan fingerprint density at radius 1 is 1.05 bits per heavy atom. The van der Waals surface area contributed by atoms with E-state index in [9.17, 15) is 5.11 Å². The van der Waals surface area contributed by atoms with E-state index < -0.39 is 6.10 Å². The summed E-state index contributed by atoms with van der Waals surface area (Å²) in [6.45, 7) is 6.18. The highest BCUT2D eigenvalue weighted by molar-refractivity contribution is 5.16. The smallest absolute Gasteiger partial charge is 0.0985 e. The van der Waals surface area contributed by atoms with Crippen molar-refractivity contribution in [2.45, 2.75) is 64.8 Å². The Bertz CT molecular complexity index is 407. The molecule has 4 nitrogen and oxygen atoms in total. The number of ether oxygens (including phenoxy) is 2. The lowest BCUT2D eigenvalue weighted by Gasteiger charge is -2.19. The zero-order chi connectivity index (χ0) is 16.5. The van der Waals surface area contributed by atoms with E-state index >= 15 is 0 Å². The molecule has 0 saturated heterocycles. The van der Waals surface area contributed by atoms with Crippen LogP contribution in [0.25, 0.3) is 0 Å². The molecule has 1 aromatic heterocycles. The fourth-order valence-corrected chi connectivity index (χ4v) is 2.44. The Labute approximate surface area is 134 Å². The molecular formula is C18H31NO3. The Balaban J connectivity index is 2.48. The summed E-state index contributed by atoms with van der Waals surface area (Å²) < 4.78 is 10.5. The first kappa shape index (κ1) is 19.1. The number of hydrogen-bond donors (Lipinski definition) is 1. The molecule has 1 rings (SSSR count). The second-order valence-corrected chi connectivity index (χ2v) is 6.24. The fraction of sp³-hybridized carbons (Fsp3) is 0.722. The minimum atomic E-state index is -0.508. The SMILES string of the molecule is COC(C)CCCC(C)C(O)c1ccc(CC(C)OC)cn1. The molecule has 1 heterocycles. The number of rotatable bonds is 10. The number of hydrogen-bond acceptors (Lipinski definition) is 4. The van der Waals surface area contributed by atoms with Gasteiger partial charge in [0, 0.05) is 20.4 Å². The predicted octanol–water partition coefficient (Wildman–Crippen LogP) is 3.53. The summed E-state index contributed by atoms with van der Waals surface area (Å²) in [7, 11) is 3.45. The first-order chi connectivity index (χ1) is 10.5. The normalized spacial score (nSPS) is 17.0. The Hall–Kier alpha value is -0.970. The van der Waals surface area contributed by atoms with E-state index in [4.69, 9.17) is 9.47 Å². The molecule has 4 unspecified atom stereocenters. The topological polar surface area (TPSA) is 51.6 Å². The maximum absolute atomic E-state index is 10.4. The van der Waals surface area contributed by atoms with Crippen molar-refractivity contribution in [3.8, 4) is 0 Å². The van der Waals surface area contributed by atoms with Crippen LogP contribution < -0.4 is 0 Å². The van der Waals surface area contributed by atoms with Crippen molar-refractivity contribution in [1.29, 1.82) is 0 Å². The monoisotopic (exact) mass is 309 g/mol. The van der Waals surface area contributed by atoms with Gasteiger partial charge in [0.25, 0.3) is 0 Å². The molecule has 4 atom stereocenters. The lowest BCUT2D eigenvalue weighted by atomic mass is 9.94.